The maximum absolute atomic E-state index is 3.25. The third-order valence-electron chi connectivity index (χ3n) is 1.47. The fourth-order valence-electron chi connectivity index (χ4n) is 0.877. The van der Waals surface area contributed by atoms with E-state index in [1.54, 1.807) is 0 Å². The molecule has 0 atom stereocenters. The molecule has 0 saturated carbocycles. The highest BCUT2D eigenvalue weighted by molar-refractivity contribution is 7.99. The average molecular weight is 192 g/mol. The van der Waals surface area contributed by atoms with Gasteiger partial charge in [0.15, 0.2) is 0 Å². The van der Waals surface area contributed by atoms with Crippen LogP contribution in [0.5, 0.6) is 0 Å². The summed E-state index contributed by atoms with van der Waals surface area (Å²) in [5, 5.41) is 6.43. The van der Waals surface area contributed by atoms with Crippen molar-refractivity contribution in [2.75, 3.05) is 36.3 Å². The van der Waals surface area contributed by atoms with Crippen molar-refractivity contribution < 1.29 is 0 Å². The lowest BCUT2D eigenvalue weighted by Crippen LogP contribution is -2.19. The van der Waals surface area contributed by atoms with Gasteiger partial charge in [-0.25, -0.2) is 0 Å². The van der Waals surface area contributed by atoms with E-state index < -0.39 is 0 Å². The zero-order valence-electron chi connectivity index (χ0n) is 6.77. The number of thioether (sulfide) groups is 2. The van der Waals surface area contributed by atoms with Gasteiger partial charge in [-0.15, -0.1) is 23.5 Å². The number of rotatable bonds is 0. The zero-order valence-corrected chi connectivity index (χ0v) is 8.40. The summed E-state index contributed by atoms with van der Waals surface area (Å²) in [4.78, 5) is 0. The molecule has 0 aliphatic carbocycles. The molecule has 0 bridgehead atoms. The maximum Gasteiger partial charge on any atom is 0.0418 e. The summed E-state index contributed by atoms with van der Waals surface area (Å²) in [5.41, 5.74) is 0. The Bertz CT molecular complexity index is 63.4. The summed E-state index contributed by atoms with van der Waals surface area (Å²) in [7, 11) is 0. The Labute approximate surface area is 77.3 Å². The molecule has 0 aromatic rings. The molecule has 2 aliphatic heterocycles. The first-order valence-electron chi connectivity index (χ1n) is 4.07. The van der Waals surface area contributed by atoms with Gasteiger partial charge in [0.05, 0.1) is 0 Å². The van der Waals surface area contributed by atoms with Gasteiger partial charge in [-0.3, -0.25) is 0 Å². The van der Waals surface area contributed by atoms with Gasteiger partial charge in [0.1, 0.15) is 0 Å². The second kappa shape index (κ2) is 7.28. The van der Waals surface area contributed by atoms with E-state index in [9.17, 15) is 0 Å². The Morgan fingerprint density at radius 3 is 1.73 bits per heavy atom. The maximum atomic E-state index is 3.25. The molecule has 2 saturated heterocycles. The van der Waals surface area contributed by atoms with Crippen LogP contribution >= 0.6 is 23.5 Å². The zero-order chi connectivity index (χ0) is 7.78. The minimum atomic E-state index is 1.17. The van der Waals surface area contributed by atoms with Crippen molar-refractivity contribution >= 4 is 23.5 Å². The van der Waals surface area contributed by atoms with Crippen LogP contribution in [0.1, 0.15) is 6.42 Å². The smallest absolute Gasteiger partial charge is 0.0418 e. The molecule has 66 valence electrons. The van der Waals surface area contributed by atoms with Crippen LogP contribution in [0.3, 0.4) is 0 Å². The van der Waals surface area contributed by atoms with E-state index in [1.807, 2.05) is 23.5 Å². The van der Waals surface area contributed by atoms with Gasteiger partial charge >= 0.3 is 0 Å². The van der Waals surface area contributed by atoms with Gasteiger partial charge in [-0.1, -0.05) is 0 Å². The molecular weight excluding hydrogens is 176 g/mol. The molecule has 2 rings (SSSR count). The molecule has 2 heterocycles. The molecule has 2 N–H and O–H groups in total. The van der Waals surface area contributed by atoms with Crippen molar-refractivity contribution in [2.24, 2.45) is 0 Å². The fourth-order valence-corrected chi connectivity index (χ4v) is 2.38. The van der Waals surface area contributed by atoms with Crippen LogP contribution in [-0.2, 0) is 0 Å². The number of hydrogen-bond acceptors (Lipinski definition) is 4. The lowest BCUT2D eigenvalue weighted by molar-refractivity contribution is 0.740. The quantitative estimate of drug-likeness (QED) is 0.597. The Hall–Kier alpha value is 0.620. The molecule has 2 nitrogen and oxygen atoms in total. The van der Waals surface area contributed by atoms with Crippen LogP contribution in [0.15, 0.2) is 0 Å². The average Bonchev–Trinajstić information content (AvgIpc) is 2.64. The van der Waals surface area contributed by atoms with Crippen LogP contribution in [-0.4, -0.2) is 36.3 Å². The van der Waals surface area contributed by atoms with Crippen LogP contribution in [0.4, 0.5) is 0 Å². The SMILES string of the molecule is C1CNCSC1.C1CSCN1. The van der Waals surface area contributed by atoms with Crippen molar-refractivity contribution in [2.45, 2.75) is 6.42 Å². The minimum absolute atomic E-state index is 1.17. The highest BCUT2D eigenvalue weighted by Crippen LogP contribution is 2.02. The molecule has 2 fully saturated rings. The van der Waals surface area contributed by atoms with Gasteiger partial charge in [0, 0.05) is 24.1 Å². The highest BCUT2D eigenvalue weighted by atomic mass is 32.2. The van der Waals surface area contributed by atoms with Crippen molar-refractivity contribution in [3.63, 3.8) is 0 Å². The first kappa shape index (κ1) is 9.71. The lowest BCUT2D eigenvalue weighted by Gasteiger charge is -2.08. The van der Waals surface area contributed by atoms with Gasteiger partial charge in [0.25, 0.3) is 0 Å². The van der Waals surface area contributed by atoms with Gasteiger partial charge < -0.3 is 10.6 Å². The highest BCUT2D eigenvalue weighted by Gasteiger charge is 1.94. The normalized spacial score (nSPS) is 24.0. The summed E-state index contributed by atoms with van der Waals surface area (Å²) in [6, 6.07) is 0. The van der Waals surface area contributed by atoms with Gasteiger partial charge in [0.2, 0.25) is 0 Å². The fraction of sp³-hybridized carbons (Fsp3) is 1.00. The van der Waals surface area contributed by atoms with E-state index in [0.29, 0.717) is 0 Å². The predicted octanol–water partition coefficient (Wildman–Crippen LogP) is 0.951. The molecular formula is C7H16N2S2. The number of hydrogen-bond donors (Lipinski definition) is 2. The summed E-state index contributed by atoms with van der Waals surface area (Å²) < 4.78 is 0. The molecule has 0 aromatic heterocycles. The Balaban J connectivity index is 0.000000112. The number of nitrogens with one attached hydrogen (secondary N) is 2. The molecule has 2 aliphatic rings. The van der Waals surface area contributed by atoms with E-state index in [1.165, 1.54) is 42.8 Å². The monoisotopic (exact) mass is 192 g/mol. The second-order valence-electron chi connectivity index (χ2n) is 2.46. The lowest BCUT2D eigenvalue weighted by atomic mass is 10.5. The summed E-state index contributed by atoms with van der Waals surface area (Å²) in [6.07, 6.45) is 1.35. The molecule has 11 heavy (non-hydrogen) atoms. The van der Waals surface area contributed by atoms with Crippen LogP contribution in [0.25, 0.3) is 0 Å². The molecule has 0 radical (unpaired) electrons. The Kier molecular flexibility index (Phi) is 6.42. The third-order valence-corrected chi connectivity index (χ3v) is 3.36. The van der Waals surface area contributed by atoms with Crippen molar-refractivity contribution in [3.05, 3.63) is 0 Å². The van der Waals surface area contributed by atoms with Crippen molar-refractivity contribution in [3.8, 4) is 0 Å². The first-order valence-corrected chi connectivity index (χ1v) is 6.38. The first-order chi connectivity index (χ1) is 5.50. The predicted molar refractivity (Wildman–Crippen MR) is 55.3 cm³/mol. The van der Waals surface area contributed by atoms with E-state index in [4.69, 9.17) is 0 Å². The van der Waals surface area contributed by atoms with Crippen LogP contribution in [0.2, 0.25) is 0 Å². The van der Waals surface area contributed by atoms with E-state index in [2.05, 4.69) is 10.6 Å². The van der Waals surface area contributed by atoms with Crippen LogP contribution < -0.4 is 10.6 Å². The minimum Gasteiger partial charge on any atom is -0.308 e. The van der Waals surface area contributed by atoms with Crippen molar-refractivity contribution in [1.82, 2.24) is 10.6 Å². The Morgan fingerprint density at radius 1 is 0.818 bits per heavy atom. The largest absolute Gasteiger partial charge is 0.308 e. The van der Waals surface area contributed by atoms with Crippen molar-refractivity contribution in [1.29, 1.82) is 0 Å². The molecule has 0 aromatic carbocycles. The third kappa shape index (κ3) is 5.84. The van der Waals surface area contributed by atoms with E-state index >= 15 is 0 Å². The van der Waals surface area contributed by atoms with Gasteiger partial charge in [-0.05, 0) is 18.7 Å². The Morgan fingerprint density at radius 2 is 1.55 bits per heavy atom. The molecule has 0 spiro atoms. The van der Waals surface area contributed by atoms with E-state index in [0.717, 1.165) is 0 Å². The summed E-state index contributed by atoms with van der Waals surface area (Å²) >= 11 is 3.95. The van der Waals surface area contributed by atoms with Crippen LogP contribution in [0, 0.1) is 0 Å². The summed E-state index contributed by atoms with van der Waals surface area (Å²) in [6.45, 7) is 2.44. The van der Waals surface area contributed by atoms with Gasteiger partial charge in [-0.2, -0.15) is 0 Å². The van der Waals surface area contributed by atoms with E-state index in [-0.39, 0.29) is 0 Å². The standard InChI is InChI=1S/C4H9NS.C3H7NS/c1-2-5-4-6-3-1;1-2-5-3-4-1/h5H,1-4H2;4H,1-3H2. The second-order valence-corrected chi connectivity index (χ2v) is 4.67. The summed E-state index contributed by atoms with van der Waals surface area (Å²) in [5.74, 6) is 4.99. The molecule has 0 unspecified atom stereocenters. The topological polar surface area (TPSA) is 24.1 Å². The molecule has 0 amide bonds. The molecule has 4 heteroatoms.